The molecule has 0 aliphatic carbocycles. The molecular formula is C14H18NOS+. The summed E-state index contributed by atoms with van der Waals surface area (Å²) in [5.41, 5.74) is 4.72. The van der Waals surface area contributed by atoms with Gasteiger partial charge in [-0.2, -0.15) is 4.57 Å². The zero-order valence-corrected chi connectivity index (χ0v) is 11.2. The van der Waals surface area contributed by atoms with E-state index in [4.69, 9.17) is 4.74 Å². The molecule has 0 radical (unpaired) electrons. The Hall–Kier alpha value is -1.19. The van der Waals surface area contributed by atoms with E-state index in [1.807, 2.05) is 18.2 Å². The minimum Gasteiger partial charge on any atom is -0.376 e. The predicted molar refractivity (Wildman–Crippen MR) is 70.0 cm³/mol. The molecule has 0 atom stereocenters. The molecule has 0 N–H and O–H groups in total. The summed E-state index contributed by atoms with van der Waals surface area (Å²) < 4.78 is 7.85. The molecule has 1 heterocycles. The Morgan fingerprint density at radius 3 is 2.65 bits per heavy atom. The van der Waals surface area contributed by atoms with Crippen LogP contribution in [0.4, 0.5) is 0 Å². The number of hydrogen-bond donors (Lipinski definition) is 0. The first kappa shape index (κ1) is 12.3. The lowest BCUT2D eigenvalue weighted by atomic mass is 10.2. The van der Waals surface area contributed by atoms with Crippen molar-refractivity contribution in [3.8, 4) is 0 Å². The fourth-order valence-corrected chi connectivity index (χ4v) is 2.63. The average Bonchev–Trinajstić information content (AvgIpc) is 2.67. The van der Waals surface area contributed by atoms with Crippen molar-refractivity contribution in [1.29, 1.82) is 0 Å². The lowest BCUT2D eigenvalue weighted by Gasteiger charge is -2.02. The van der Waals surface area contributed by atoms with Crippen LogP contribution in [0.3, 0.4) is 0 Å². The van der Waals surface area contributed by atoms with Gasteiger partial charge in [0.2, 0.25) is 5.51 Å². The maximum absolute atomic E-state index is 5.69. The first-order valence-electron chi connectivity index (χ1n) is 5.81. The molecule has 17 heavy (non-hydrogen) atoms. The van der Waals surface area contributed by atoms with Gasteiger partial charge in [0.25, 0.3) is 0 Å². The molecule has 2 rings (SSSR count). The average molecular weight is 248 g/mol. The molecule has 0 aliphatic heterocycles. The van der Waals surface area contributed by atoms with Crippen LogP contribution in [-0.4, -0.2) is 6.61 Å². The van der Waals surface area contributed by atoms with E-state index in [9.17, 15) is 0 Å². The molecule has 1 aromatic carbocycles. The highest BCUT2D eigenvalue weighted by atomic mass is 32.1. The third kappa shape index (κ3) is 3.38. The number of aryl methyl sites for hydroxylation is 1. The number of thiazole rings is 1. The largest absolute Gasteiger partial charge is 0.376 e. The van der Waals surface area contributed by atoms with Crippen LogP contribution in [0.2, 0.25) is 0 Å². The van der Waals surface area contributed by atoms with Gasteiger partial charge in [-0.1, -0.05) is 41.7 Å². The van der Waals surface area contributed by atoms with E-state index < -0.39 is 0 Å². The first-order valence-corrected chi connectivity index (χ1v) is 6.69. The molecule has 0 aliphatic rings. The van der Waals surface area contributed by atoms with Crippen molar-refractivity contribution in [1.82, 2.24) is 0 Å². The summed E-state index contributed by atoms with van der Waals surface area (Å²) in [6.45, 7) is 3.65. The molecule has 90 valence electrons. The van der Waals surface area contributed by atoms with Crippen molar-refractivity contribution in [3.63, 3.8) is 0 Å². The molecule has 0 saturated carbocycles. The summed E-state index contributed by atoms with van der Waals surface area (Å²) in [5, 5.41) is 0. The van der Waals surface area contributed by atoms with Gasteiger partial charge < -0.3 is 4.74 Å². The number of aromatic nitrogens is 1. The third-order valence-electron chi connectivity index (χ3n) is 2.87. The zero-order valence-electron chi connectivity index (χ0n) is 10.3. The fraction of sp³-hybridized carbons (Fsp3) is 0.357. The summed E-state index contributed by atoms with van der Waals surface area (Å²) in [7, 11) is 2.08. The molecule has 3 heteroatoms. The number of nitrogens with zero attached hydrogens (tertiary/aromatic N) is 1. The molecule has 0 bridgehead atoms. The standard InChI is InChI=1S/C14H18NOS/c1-12-14(17-11-15(12)2)8-9-16-10-13-6-4-3-5-7-13/h3-7,11H,8-10H2,1-2H3/q+1. The molecule has 0 spiro atoms. The first-order chi connectivity index (χ1) is 8.27. The van der Waals surface area contributed by atoms with Crippen molar-refractivity contribution < 1.29 is 9.30 Å². The highest BCUT2D eigenvalue weighted by Crippen LogP contribution is 2.11. The highest BCUT2D eigenvalue weighted by molar-refractivity contribution is 7.09. The minimum absolute atomic E-state index is 0.706. The Labute approximate surface area is 106 Å². The molecule has 2 nitrogen and oxygen atoms in total. The van der Waals surface area contributed by atoms with Crippen LogP contribution in [0.15, 0.2) is 35.8 Å². The predicted octanol–water partition coefficient (Wildman–Crippen LogP) is 2.64. The van der Waals surface area contributed by atoms with Gasteiger partial charge in [-0.05, 0) is 5.56 Å². The van der Waals surface area contributed by atoms with E-state index >= 15 is 0 Å². The summed E-state index contributed by atoms with van der Waals surface area (Å²) >= 11 is 1.81. The van der Waals surface area contributed by atoms with Gasteiger partial charge in [-0.25, -0.2) is 0 Å². The summed E-state index contributed by atoms with van der Waals surface area (Å²) in [4.78, 5) is 1.42. The maximum Gasteiger partial charge on any atom is 0.224 e. The maximum atomic E-state index is 5.69. The smallest absolute Gasteiger partial charge is 0.224 e. The van der Waals surface area contributed by atoms with E-state index in [0.29, 0.717) is 6.61 Å². The second-order valence-corrected chi connectivity index (χ2v) is 5.07. The number of hydrogen-bond acceptors (Lipinski definition) is 2. The number of ether oxygens (including phenoxy) is 1. The van der Waals surface area contributed by atoms with E-state index in [0.717, 1.165) is 13.0 Å². The fourth-order valence-electron chi connectivity index (χ4n) is 1.67. The Morgan fingerprint density at radius 2 is 2.00 bits per heavy atom. The molecule has 1 aromatic heterocycles. The molecule has 0 unspecified atom stereocenters. The SMILES string of the molecule is Cc1c(CCOCc2ccccc2)sc[n+]1C. The topological polar surface area (TPSA) is 13.1 Å². The summed E-state index contributed by atoms with van der Waals surface area (Å²) in [6.07, 6.45) is 1.00. The van der Waals surface area contributed by atoms with Crippen LogP contribution in [0.25, 0.3) is 0 Å². The number of rotatable bonds is 5. The third-order valence-corrected chi connectivity index (χ3v) is 4.08. The lowest BCUT2D eigenvalue weighted by molar-refractivity contribution is -0.673. The van der Waals surface area contributed by atoms with Crippen LogP contribution >= 0.6 is 11.3 Å². The van der Waals surface area contributed by atoms with Crippen molar-refractivity contribution in [2.24, 2.45) is 7.05 Å². The van der Waals surface area contributed by atoms with Crippen molar-refractivity contribution in [2.75, 3.05) is 6.61 Å². The van der Waals surface area contributed by atoms with Crippen molar-refractivity contribution in [3.05, 3.63) is 52.0 Å². The second kappa shape index (κ2) is 5.94. The zero-order chi connectivity index (χ0) is 12.1. The van der Waals surface area contributed by atoms with Crippen LogP contribution in [0, 0.1) is 6.92 Å². The number of benzene rings is 1. The quantitative estimate of drug-likeness (QED) is 0.585. The molecule has 2 aromatic rings. The van der Waals surface area contributed by atoms with E-state index in [1.54, 1.807) is 11.3 Å². The van der Waals surface area contributed by atoms with E-state index in [-0.39, 0.29) is 0 Å². The van der Waals surface area contributed by atoms with E-state index in [1.165, 1.54) is 16.1 Å². The molecule has 0 saturated heterocycles. The Kier molecular flexibility index (Phi) is 4.29. The molecular weight excluding hydrogens is 230 g/mol. The van der Waals surface area contributed by atoms with Gasteiger partial charge in [0.1, 0.15) is 7.05 Å². The minimum atomic E-state index is 0.706. The normalized spacial score (nSPS) is 10.7. The molecule has 0 amide bonds. The second-order valence-electron chi connectivity index (χ2n) is 4.13. The van der Waals surface area contributed by atoms with Crippen LogP contribution in [0.5, 0.6) is 0 Å². The highest BCUT2D eigenvalue weighted by Gasteiger charge is 2.10. The van der Waals surface area contributed by atoms with Crippen molar-refractivity contribution >= 4 is 11.3 Å². The van der Waals surface area contributed by atoms with Gasteiger partial charge >= 0.3 is 0 Å². The molecule has 0 fully saturated rings. The van der Waals surface area contributed by atoms with Crippen LogP contribution in [-0.2, 0) is 24.8 Å². The Balaban J connectivity index is 1.75. The monoisotopic (exact) mass is 248 g/mol. The van der Waals surface area contributed by atoms with Gasteiger partial charge in [-0.15, -0.1) is 0 Å². The van der Waals surface area contributed by atoms with Gasteiger partial charge in [0.05, 0.1) is 18.1 Å². The van der Waals surface area contributed by atoms with Gasteiger partial charge in [0, 0.05) is 13.3 Å². The summed E-state index contributed by atoms with van der Waals surface area (Å²) in [5.74, 6) is 0. The summed E-state index contributed by atoms with van der Waals surface area (Å²) in [6, 6.07) is 10.3. The van der Waals surface area contributed by atoms with Crippen LogP contribution in [0.1, 0.15) is 16.1 Å². The Morgan fingerprint density at radius 1 is 1.24 bits per heavy atom. The van der Waals surface area contributed by atoms with E-state index in [2.05, 4.69) is 36.2 Å². The lowest BCUT2D eigenvalue weighted by Crippen LogP contribution is -2.28. The Bertz CT molecular complexity index is 464. The van der Waals surface area contributed by atoms with Gasteiger partial charge in [-0.3, -0.25) is 0 Å². The van der Waals surface area contributed by atoms with Gasteiger partial charge in [0.15, 0.2) is 5.69 Å². The van der Waals surface area contributed by atoms with Crippen LogP contribution < -0.4 is 4.57 Å². The van der Waals surface area contributed by atoms with Crippen molar-refractivity contribution in [2.45, 2.75) is 20.0 Å².